The highest BCUT2D eigenvalue weighted by Crippen LogP contribution is 2.18. The van der Waals surface area contributed by atoms with Gasteiger partial charge in [-0.2, -0.15) is 0 Å². The van der Waals surface area contributed by atoms with Gasteiger partial charge in [0.25, 0.3) is 0 Å². The van der Waals surface area contributed by atoms with Crippen LogP contribution in [0, 0.1) is 5.82 Å². The zero-order chi connectivity index (χ0) is 15.2. The second kappa shape index (κ2) is 7.34. The lowest BCUT2D eigenvalue weighted by atomic mass is 10.00. The van der Waals surface area contributed by atoms with Crippen molar-refractivity contribution in [1.82, 2.24) is 5.32 Å². The van der Waals surface area contributed by atoms with Crippen LogP contribution in [0.25, 0.3) is 0 Å². The molecule has 0 heterocycles. The Balaban J connectivity index is 1.83. The molecule has 2 aromatic carbocycles. The predicted molar refractivity (Wildman–Crippen MR) is 83.6 cm³/mol. The van der Waals surface area contributed by atoms with Crippen LogP contribution in [0.4, 0.5) is 4.39 Å². The molecule has 2 nitrogen and oxygen atoms in total. The van der Waals surface area contributed by atoms with Gasteiger partial charge in [0.2, 0.25) is 0 Å². The molecule has 0 spiro atoms. The summed E-state index contributed by atoms with van der Waals surface area (Å²) in [7, 11) is 0. The Bertz CT molecular complexity index is 548. The minimum atomic E-state index is -0.535. The summed E-state index contributed by atoms with van der Waals surface area (Å²) in [4.78, 5) is 0. The van der Waals surface area contributed by atoms with Crippen LogP contribution < -0.4 is 5.32 Å². The molecule has 2 aromatic rings. The fourth-order valence-electron chi connectivity index (χ4n) is 2.18. The van der Waals surface area contributed by atoms with Gasteiger partial charge >= 0.3 is 0 Å². The van der Waals surface area contributed by atoms with Crippen molar-refractivity contribution in [3.05, 3.63) is 71.0 Å². The number of rotatable bonds is 6. The third-order valence-electron chi connectivity index (χ3n) is 3.57. The molecule has 1 atom stereocenters. The highest BCUT2D eigenvalue weighted by atomic mass is 19.1. The summed E-state index contributed by atoms with van der Waals surface area (Å²) < 4.78 is 12.8. The van der Waals surface area contributed by atoms with Crippen LogP contribution in [0.3, 0.4) is 0 Å². The summed E-state index contributed by atoms with van der Waals surface area (Å²) >= 11 is 0. The minimum Gasteiger partial charge on any atom is -0.387 e. The maximum atomic E-state index is 12.8. The van der Waals surface area contributed by atoms with E-state index in [0.29, 0.717) is 19.0 Å². The molecular formula is C18H22FNO. The second-order valence-corrected chi connectivity index (χ2v) is 5.59. The highest BCUT2D eigenvalue weighted by Gasteiger charge is 2.07. The number of hydrogen-bond acceptors (Lipinski definition) is 2. The van der Waals surface area contributed by atoms with Gasteiger partial charge in [0, 0.05) is 13.1 Å². The lowest BCUT2D eigenvalue weighted by Gasteiger charge is -2.14. The van der Waals surface area contributed by atoms with Crippen LogP contribution in [0.5, 0.6) is 0 Å². The molecule has 1 unspecified atom stereocenters. The first kappa shape index (κ1) is 15.7. The normalized spacial score (nSPS) is 12.6. The first-order valence-corrected chi connectivity index (χ1v) is 7.29. The van der Waals surface area contributed by atoms with E-state index >= 15 is 0 Å². The van der Waals surface area contributed by atoms with Gasteiger partial charge in [0.05, 0.1) is 6.10 Å². The predicted octanol–water partition coefficient (Wildman–Crippen LogP) is 3.77. The summed E-state index contributed by atoms with van der Waals surface area (Å²) in [6.45, 7) is 5.38. The number of aliphatic hydroxyl groups excluding tert-OH is 1. The van der Waals surface area contributed by atoms with Crippen LogP contribution in [0.2, 0.25) is 0 Å². The maximum Gasteiger partial charge on any atom is 0.123 e. The van der Waals surface area contributed by atoms with Gasteiger partial charge in [-0.15, -0.1) is 0 Å². The van der Waals surface area contributed by atoms with Crippen LogP contribution in [0.1, 0.15) is 42.6 Å². The summed E-state index contributed by atoms with van der Waals surface area (Å²) in [5, 5.41) is 13.3. The smallest absolute Gasteiger partial charge is 0.123 e. The van der Waals surface area contributed by atoms with E-state index in [1.54, 1.807) is 12.1 Å². The molecule has 2 rings (SSSR count). The Hall–Kier alpha value is -1.71. The zero-order valence-electron chi connectivity index (χ0n) is 12.5. The van der Waals surface area contributed by atoms with E-state index in [0.717, 1.165) is 11.1 Å². The molecule has 0 bridgehead atoms. The summed E-state index contributed by atoms with van der Waals surface area (Å²) in [6.07, 6.45) is -0.535. The quantitative estimate of drug-likeness (QED) is 0.847. The highest BCUT2D eigenvalue weighted by molar-refractivity contribution is 5.26. The van der Waals surface area contributed by atoms with Crippen LogP contribution >= 0.6 is 0 Å². The van der Waals surface area contributed by atoms with Gasteiger partial charge in [0.1, 0.15) is 5.82 Å². The lowest BCUT2D eigenvalue weighted by molar-refractivity contribution is 0.174. The summed E-state index contributed by atoms with van der Waals surface area (Å²) in [6, 6.07) is 14.4. The molecule has 0 aromatic heterocycles. The number of halogens is 1. The van der Waals surface area contributed by atoms with Crippen molar-refractivity contribution in [3.63, 3.8) is 0 Å². The summed E-state index contributed by atoms with van der Waals surface area (Å²) in [5.74, 6) is 0.261. The molecular weight excluding hydrogens is 265 g/mol. The fraction of sp³-hybridized carbons (Fsp3) is 0.333. The molecule has 2 N–H and O–H groups in total. The maximum absolute atomic E-state index is 12.8. The Labute approximate surface area is 125 Å². The zero-order valence-corrected chi connectivity index (χ0v) is 12.5. The fourth-order valence-corrected chi connectivity index (χ4v) is 2.18. The molecule has 0 amide bonds. The Morgan fingerprint density at radius 1 is 0.952 bits per heavy atom. The largest absolute Gasteiger partial charge is 0.387 e. The molecule has 0 fully saturated rings. The molecule has 112 valence electrons. The number of hydrogen-bond donors (Lipinski definition) is 2. The van der Waals surface area contributed by atoms with Gasteiger partial charge in [0.15, 0.2) is 0 Å². The topological polar surface area (TPSA) is 32.3 Å². The molecule has 0 saturated carbocycles. The molecule has 0 radical (unpaired) electrons. The number of benzene rings is 2. The SMILES string of the molecule is CC(C)c1ccc(C(O)CNCc2ccc(F)cc2)cc1. The Morgan fingerprint density at radius 2 is 1.52 bits per heavy atom. The van der Waals surface area contributed by atoms with Crippen LogP contribution in [-0.2, 0) is 6.54 Å². The van der Waals surface area contributed by atoms with Crippen LogP contribution in [0.15, 0.2) is 48.5 Å². The lowest BCUT2D eigenvalue weighted by Crippen LogP contribution is -2.21. The van der Waals surface area contributed by atoms with E-state index in [1.165, 1.54) is 17.7 Å². The standard InChI is InChI=1S/C18H22FNO/c1-13(2)15-5-7-16(8-6-15)18(21)12-20-11-14-3-9-17(19)10-4-14/h3-10,13,18,20-21H,11-12H2,1-2H3. The monoisotopic (exact) mass is 287 g/mol. The van der Waals surface area contributed by atoms with E-state index in [1.807, 2.05) is 12.1 Å². The molecule has 3 heteroatoms. The van der Waals surface area contributed by atoms with E-state index in [4.69, 9.17) is 0 Å². The van der Waals surface area contributed by atoms with Gasteiger partial charge < -0.3 is 10.4 Å². The Kier molecular flexibility index (Phi) is 5.48. The van der Waals surface area contributed by atoms with Crippen LogP contribution in [-0.4, -0.2) is 11.7 Å². The third kappa shape index (κ3) is 4.66. The minimum absolute atomic E-state index is 0.232. The Morgan fingerprint density at radius 3 is 2.10 bits per heavy atom. The molecule has 0 aliphatic heterocycles. The van der Waals surface area contributed by atoms with Gasteiger partial charge in [-0.25, -0.2) is 4.39 Å². The molecule has 0 saturated heterocycles. The van der Waals surface area contributed by atoms with Crippen molar-refractivity contribution in [2.75, 3.05) is 6.54 Å². The van der Waals surface area contributed by atoms with E-state index < -0.39 is 6.10 Å². The van der Waals surface area contributed by atoms with Gasteiger partial charge in [-0.05, 0) is 34.7 Å². The first-order chi connectivity index (χ1) is 10.1. The first-order valence-electron chi connectivity index (χ1n) is 7.29. The second-order valence-electron chi connectivity index (χ2n) is 5.59. The average molecular weight is 287 g/mol. The number of nitrogens with one attached hydrogen (secondary N) is 1. The van der Waals surface area contributed by atoms with Crippen molar-refractivity contribution in [2.24, 2.45) is 0 Å². The van der Waals surface area contributed by atoms with E-state index in [9.17, 15) is 9.50 Å². The van der Waals surface area contributed by atoms with Gasteiger partial charge in [-0.3, -0.25) is 0 Å². The van der Waals surface area contributed by atoms with Gasteiger partial charge in [-0.1, -0.05) is 50.2 Å². The molecule has 0 aliphatic rings. The molecule has 21 heavy (non-hydrogen) atoms. The number of aliphatic hydroxyl groups is 1. The summed E-state index contributed by atoms with van der Waals surface area (Å²) in [5.41, 5.74) is 3.18. The van der Waals surface area contributed by atoms with E-state index in [2.05, 4.69) is 31.3 Å². The average Bonchev–Trinajstić information content (AvgIpc) is 2.49. The van der Waals surface area contributed by atoms with Crippen molar-refractivity contribution in [2.45, 2.75) is 32.4 Å². The van der Waals surface area contributed by atoms with Crippen molar-refractivity contribution < 1.29 is 9.50 Å². The van der Waals surface area contributed by atoms with Crippen molar-refractivity contribution in [3.8, 4) is 0 Å². The van der Waals surface area contributed by atoms with Crippen molar-refractivity contribution in [1.29, 1.82) is 0 Å². The third-order valence-corrected chi connectivity index (χ3v) is 3.57. The van der Waals surface area contributed by atoms with E-state index in [-0.39, 0.29) is 5.82 Å². The van der Waals surface area contributed by atoms with Crippen molar-refractivity contribution >= 4 is 0 Å². The molecule has 0 aliphatic carbocycles.